The fourth-order valence-corrected chi connectivity index (χ4v) is 3.64. The van der Waals surface area contributed by atoms with E-state index in [-0.39, 0.29) is 6.10 Å². The summed E-state index contributed by atoms with van der Waals surface area (Å²) in [5, 5.41) is 5.09. The molecular formula is C23H27N5O4. The van der Waals surface area contributed by atoms with Gasteiger partial charge in [0.05, 0.1) is 29.9 Å². The normalized spacial score (nSPS) is 13.3. The lowest BCUT2D eigenvalue weighted by atomic mass is 10.1. The summed E-state index contributed by atoms with van der Waals surface area (Å²) in [6.07, 6.45) is 2.09. The van der Waals surface area contributed by atoms with Gasteiger partial charge in [-0.15, -0.1) is 0 Å². The van der Waals surface area contributed by atoms with Crippen LogP contribution < -0.4 is 20.3 Å². The van der Waals surface area contributed by atoms with Gasteiger partial charge >= 0.3 is 0 Å². The van der Waals surface area contributed by atoms with Gasteiger partial charge in [0, 0.05) is 24.2 Å². The van der Waals surface area contributed by atoms with E-state index in [2.05, 4.69) is 16.0 Å². The van der Waals surface area contributed by atoms with Crippen molar-refractivity contribution in [1.29, 1.82) is 0 Å². The summed E-state index contributed by atoms with van der Waals surface area (Å²) in [5.41, 5.74) is 8.02. The van der Waals surface area contributed by atoms with Crippen molar-refractivity contribution < 1.29 is 19.1 Å². The predicted octanol–water partition coefficient (Wildman–Crippen LogP) is 3.02. The molecular weight excluding hydrogens is 410 g/mol. The molecule has 0 aliphatic heterocycles. The Hall–Kier alpha value is -3.62. The van der Waals surface area contributed by atoms with Crippen LogP contribution in [0.4, 0.5) is 0 Å². The van der Waals surface area contributed by atoms with E-state index in [1.807, 2.05) is 27.8 Å². The lowest BCUT2D eigenvalue weighted by Gasteiger charge is -2.15. The number of ether oxygens (including phenoxy) is 2. The fraction of sp³-hybridized carbons (Fsp3) is 0.391. The zero-order valence-corrected chi connectivity index (χ0v) is 18.9. The summed E-state index contributed by atoms with van der Waals surface area (Å²) in [4.78, 5) is 30.4. The Morgan fingerprint density at radius 2 is 1.84 bits per heavy atom. The maximum absolute atomic E-state index is 13.0. The van der Waals surface area contributed by atoms with E-state index < -0.39 is 11.8 Å². The van der Waals surface area contributed by atoms with Gasteiger partial charge in [-0.05, 0) is 57.9 Å². The fourth-order valence-electron chi connectivity index (χ4n) is 3.64. The van der Waals surface area contributed by atoms with Gasteiger partial charge in [0.15, 0.2) is 17.1 Å². The Morgan fingerprint density at radius 1 is 1.12 bits per heavy atom. The molecule has 0 unspecified atom stereocenters. The molecule has 9 heteroatoms. The molecule has 0 bridgehead atoms. The number of pyridine rings is 1. The molecule has 0 saturated heterocycles. The highest BCUT2D eigenvalue weighted by Crippen LogP contribution is 2.40. The van der Waals surface area contributed by atoms with Crippen molar-refractivity contribution in [3.8, 4) is 11.5 Å². The molecule has 9 nitrogen and oxygen atoms in total. The first-order valence-corrected chi connectivity index (χ1v) is 10.6. The number of nitrogens with one attached hydrogen (secondary N) is 2. The number of rotatable bonds is 6. The second-order valence-corrected chi connectivity index (χ2v) is 8.22. The van der Waals surface area contributed by atoms with Gasteiger partial charge in [-0.3, -0.25) is 25.1 Å². The molecule has 0 atom stereocenters. The monoisotopic (exact) mass is 437 g/mol. The SMILES string of the molecule is COc1cc(C(=O)NNC(=O)c2cc(C3CC3)nc3c2c(C)nn3C)ccc1OC(C)C. The van der Waals surface area contributed by atoms with E-state index in [1.54, 1.807) is 28.9 Å². The van der Waals surface area contributed by atoms with Crippen LogP contribution in [0, 0.1) is 6.92 Å². The molecule has 0 radical (unpaired) electrons. The van der Waals surface area contributed by atoms with Crippen molar-refractivity contribution >= 4 is 22.8 Å². The van der Waals surface area contributed by atoms with E-state index in [9.17, 15) is 9.59 Å². The average Bonchev–Trinajstić information content (AvgIpc) is 3.57. The number of carbonyl (C=O) groups is 2. The Bertz CT molecular complexity index is 1200. The Balaban J connectivity index is 1.54. The van der Waals surface area contributed by atoms with E-state index >= 15 is 0 Å². The molecule has 2 N–H and O–H groups in total. The van der Waals surface area contributed by atoms with Crippen LogP contribution in [0.15, 0.2) is 24.3 Å². The highest BCUT2D eigenvalue weighted by molar-refractivity contribution is 6.07. The van der Waals surface area contributed by atoms with Crippen LogP contribution in [-0.2, 0) is 7.05 Å². The second-order valence-electron chi connectivity index (χ2n) is 8.22. The van der Waals surface area contributed by atoms with Crippen molar-refractivity contribution in [3.63, 3.8) is 0 Å². The quantitative estimate of drug-likeness (QED) is 0.574. The van der Waals surface area contributed by atoms with Crippen LogP contribution in [0.25, 0.3) is 11.0 Å². The number of fused-ring (bicyclic) bond motifs is 1. The Morgan fingerprint density at radius 3 is 2.50 bits per heavy atom. The van der Waals surface area contributed by atoms with Gasteiger partial charge in [0.1, 0.15) is 0 Å². The minimum absolute atomic E-state index is 0.0310. The van der Waals surface area contributed by atoms with Crippen LogP contribution in [0.2, 0.25) is 0 Å². The van der Waals surface area contributed by atoms with Gasteiger partial charge < -0.3 is 9.47 Å². The number of nitrogens with zero attached hydrogens (tertiary/aromatic N) is 3. The highest BCUT2D eigenvalue weighted by atomic mass is 16.5. The minimum Gasteiger partial charge on any atom is -0.493 e. The van der Waals surface area contributed by atoms with Crippen LogP contribution in [0.3, 0.4) is 0 Å². The van der Waals surface area contributed by atoms with Crippen LogP contribution in [0.5, 0.6) is 11.5 Å². The first-order valence-electron chi connectivity index (χ1n) is 10.6. The third kappa shape index (κ3) is 4.23. The topological polar surface area (TPSA) is 107 Å². The van der Waals surface area contributed by atoms with Crippen molar-refractivity contribution in [3.05, 3.63) is 46.8 Å². The molecule has 2 amide bonds. The molecule has 0 spiro atoms. The van der Waals surface area contributed by atoms with Crippen LogP contribution >= 0.6 is 0 Å². The summed E-state index contributed by atoms with van der Waals surface area (Å²) < 4.78 is 12.7. The molecule has 4 rings (SSSR count). The van der Waals surface area contributed by atoms with E-state index in [4.69, 9.17) is 14.5 Å². The average molecular weight is 438 g/mol. The number of methoxy groups -OCH3 is 1. The van der Waals surface area contributed by atoms with Crippen LogP contribution in [-0.4, -0.2) is 39.8 Å². The van der Waals surface area contributed by atoms with E-state index in [0.29, 0.717) is 45.3 Å². The third-order valence-corrected chi connectivity index (χ3v) is 5.31. The summed E-state index contributed by atoms with van der Waals surface area (Å²) in [5.74, 6) is 0.462. The summed E-state index contributed by atoms with van der Waals surface area (Å²) in [7, 11) is 3.32. The smallest absolute Gasteiger partial charge is 0.270 e. The number of hydrogen-bond acceptors (Lipinski definition) is 6. The van der Waals surface area contributed by atoms with Crippen molar-refractivity contribution in [2.45, 2.75) is 45.6 Å². The largest absolute Gasteiger partial charge is 0.493 e. The Kier molecular flexibility index (Phi) is 5.73. The first kappa shape index (κ1) is 21.6. The minimum atomic E-state index is -0.469. The molecule has 1 fully saturated rings. The summed E-state index contributed by atoms with van der Waals surface area (Å²) in [6, 6.07) is 6.66. The number of carbonyl (C=O) groups excluding carboxylic acids is 2. The van der Waals surface area contributed by atoms with Crippen molar-refractivity contribution in [2.24, 2.45) is 7.05 Å². The summed E-state index contributed by atoms with van der Waals surface area (Å²) in [6.45, 7) is 5.65. The molecule has 2 heterocycles. The maximum Gasteiger partial charge on any atom is 0.270 e. The van der Waals surface area contributed by atoms with Gasteiger partial charge in [-0.25, -0.2) is 4.98 Å². The number of aromatic nitrogens is 3. The van der Waals surface area contributed by atoms with Crippen LogP contribution in [0.1, 0.15) is 64.7 Å². The lowest BCUT2D eigenvalue weighted by Crippen LogP contribution is -2.41. The maximum atomic E-state index is 13.0. The van der Waals surface area contributed by atoms with Gasteiger partial charge in [0.2, 0.25) is 0 Å². The molecule has 2 aromatic heterocycles. The Labute approximate surface area is 186 Å². The number of hydrogen-bond donors (Lipinski definition) is 2. The number of hydrazine groups is 1. The highest BCUT2D eigenvalue weighted by Gasteiger charge is 2.28. The van der Waals surface area contributed by atoms with Crippen molar-refractivity contribution in [2.75, 3.05) is 7.11 Å². The number of aryl methyl sites for hydroxylation is 2. The van der Waals surface area contributed by atoms with Gasteiger partial charge in [0.25, 0.3) is 11.8 Å². The second kappa shape index (κ2) is 8.49. The zero-order chi connectivity index (χ0) is 23.0. The lowest BCUT2D eigenvalue weighted by molar-refractivity contribution is 0.0847. The standard InChI is InChI=1S/C23H27N5O4/c1-12(2)32-18-9-8-15(10-19(18)31-5)22(29)25-26-23(30)16-11-17(14-6-7-14)24-21-20(16)13(3)27-28(21)4/h8-12,14H,6-7H2,1-5H3,(H,25,29)(H,26,30). The first-order chi connectivity index (χ1) is 15.3. The molecule has 1 aliphatic carbocycles. The van der Waals surface area contributed by atoms with Gasteiger partial charge in [-0.1, -0.05) is 0 Å². The molecule has 32 heavy (non-hydrogen) atoms. The molecule has 1 aromatic carbocycles. The summed E-state index contributed by atoms with van der Waals surface area (Å²) >= 11 is 0. The van der Waals surface area contributed by atoms with Crippen molar-refractivity contribution in [1.82, 2.24) is 25.6 Å². The van der Waals surface area contributed by atoms with E-state index in [1.165, 1.54) is 7.11 Å². The molecule has 1 saturated carbocycles. The third-order valence-electron chi connectivity index (χ3n) is 5.31. The molecule has 168 valence electrons. The number of amides is 2. The van der Waals surface area contributed by atoms with Gasteiger partial charge in [-0.2, -0.15) is 5.10 Å². The predicted molar refractivity (Wildman–Crippen MR) is 119 cm³/mol. The number of benzene rings is 1. The molecule has 1 aliphatic rings. The zero-order valence-electron chi connectivity index (χ0n) is 18.9. The van der Waals surface area contributed by atoms with E-state index in [0.717, 1.165) is 18.5 Å². The molecule has 3 aromatic rings.